The average molecular weight is 578 g/mol. The van der Waals surface area contributed by atoms with Gasteiger partial charge in [-0.1, -0.05) is 96.7 Å². The van der Waals surface area contributed by atoms with Crippen LogP contribution in [0.25, 0.3) is 0 Å². The van der Waals surface area contributed by atoms with Crippen molar-refractivity contribution >= 4 is 58.4 Å². The van der Waals surface area contributed by atoms with Gasteiger partial charge in [-0.25, -0.2) is 0 Å². The fourth-order valence-corrected chi connectivity index (χ4v) is 5.41. The molecular weight excluding hydrogens is 547 g/mol. The van der Waals surface area contributed by atoms with Crippen LogP contribution in [0, 0.1) is 0 Å². The van der Waals surface area contributed by atoms with Gasteiger partial charge in [-0.2, -0.15) is 0 Å². The zero-order valence-electron chi connectivity index (χ0n) is 20.8. The van der Waals surface area contributed by atoms with Gasteiger partial charge in [0.1, 0.15) is 6.04 Å². The summed E-state index contributed by atoms with van der Waals surface area (Å²) in [5.74, 6) is 0.504. The zero-order chi connectivity index (χ0) is 26.6. The maximum atomic E-state index is 13.7. The van der Waals surface area contributed by atoms with Crippen molar-refractivity contribution in [1.29, 1.82) is 0 Å². The number of hydrogen-bond donors (Lipinski definition) is 1. The number of hydrogen-bond acceptors (Lipinski definition) is 3. The Kier molecular flexibility index (Phi) is 12.1. The quantitative estimate of drug-likeness (QED) is 0.215. The van der Waals surface area contributed by atoms with Crippen molar-refractivity contribution in [3.8, 4) is 0 Å². The first kappa shape index (κ1) is 29.4. The molecule has 0 heterocycles. The molecule has 1 atom stereocenters. The second kappa shape index (κ2) is 15.3. The first-order chi connectivity index (χ1) is 17.9. The van der Waals surface area contributed by atoms with Gasteiger partial charge in [-0.3, -0.25) is 9.59 Å². The summed E-state index contributed by atoms with van der Waals surface area (Å²) in [7, 11) is 0. The molecule has 37 heavy (non-hydrogen) atoms. The van der Waals surface area contributed by atoms with Crippen LogP contribution in [0.15, 0.2) is 72.8 Å². The molecule has 0 aromatic heterocycles. The van der Waals surface area contributed by atoms with Gasteiger partial charge in [-0.15, -0.1) is 11.8 Å². The van der Waals surface area contributed by atoms with Gasteiger partial charge < -0.3 is 10.2 Å². The largest absolute Gasteiger partial charge is 0.354 e. The highest BCUT2D eigenvalue weighted by Crippen LogP contribution is 2.25. The number of unbranched alkanes of at least 4 members (excludes halogenated alkanes) is 1. The topological polar surface area (TPSA) is 49.4 Å². The molecule has 3 rings (SSSR count). The molecule has 1 N–H and O–H groups in total. The van der Waals surface area contributed by atoms with Crippen molar-refractivity contribution in [3.05, 3.63) is 105 Å². The van der Waals surface area contributed by atoms with Crippen molar-refractivity contribution in [2.75, 3.05) is 12.3 Å². The molecule has 196 valence electrons. The smallest absolute Gasteiger partial charge is 0.243 e. The third kappa shape index (κ3) is 9.57. The summed E-state index contributed by atoms with van der Waals surface area (Å²) in [5.41, 5.74) is 2.81. The summed E-state index contributed by atoms with van der Waals surface area (Å²) in [5, 5.41) is 4.80. The highest BCUT2D eigenvalue weighted by Gasteiger charge is 2.30. The minimum atomic E-state index is -0.651. The van der Waals surface area contributed by atoms with Crippen LogP contribution in [-0.2, 0) is 28.3 Å². The first-order valence-electron chi connectivity index (χ1n) is 12.2. The molecule has 0 fully saturated rings. The molecule has 0 saturated carbocycles. The lowest BCUT2D eigenvalue weighted by Gasteiger charge is -2.31. The highest BCUT2D eigenvalue weighted by molar-refractivity contribution is 7.99. The Morgan fingerprint density at radius 1 is 0.919 bits per heavy atom. The Morgan fingerprint density at radius 3 is 2.30 bits per heavy atom. The molecule has 3 aromatic rings. The Hall–Kier alpha value is -2.18. The zero-order valence-corrected chi connectivity index (χ0v) is 23.8. The predicted octanol–water partition coefficient (Wildman–Crippen LogP) is 7.44. The standard InChI is InChI=1S/C29H31Cl3N2O2S/c1-2-3-15-33-29(36)27(16-21-7-5-4-6-8-21)34(18-22-9-12-24(30)13-10-22)28(35)20-37-19-23-11-14-25(31)17-26(23)32/h4-14,17,27H,2-3,15-16,18-20H2,1H3,(H,33,36). The number of amides is 2. The van der Waals surface area contributed by atoms with Gasteiger partial charge in [0, 0.05) is 40.3 Å². The van der Waals surface area contributed by atoms with Crippen LogP contribution in [0.5, 0.6) is 0 Å². The monoisotopic (exact) mass is 576 g/mol. The van der Waals surface area contributed by atoms with E-state index >= 15 is 0 Å². The lowest BCUT2D eigenvalue weighted by atomic mass is 10.0. The van der Waals surface area contributed by atoms with Gasteiger partial charge in [0.05, 0.1) is 5.75 Å². The maximum absolute atomic E-state index is 13.7. The molecule has 0 saturated heterocycles. The third-order valence-corrected chi connectivity index (χ3v) is 7.67. The number of halogens is 3. The second-order valence-corrected chi connectivity index (χ2v) is 11.0. The van der Waals surface area contributed by atoms with Crippen LogP contribution >= 0.6 is 46.6 Å². The van der Waals surface area contributed by atoms with E-state index in [4.69, 9.17) is 34.8 Å². The average Bonchev–Trinajstić information content (AvgIpc) is 2.89. The molecule has 1 unspecified atom stereocenters. The van der Waals surface area contributed by atoms with Gasteiger partial charge >= 0.3 is 0 Å². The number of nitrogens with zero attached hydrogens (tertiary/aromatic N) is 1. The van der Waals surface area contributed by atoms with Crippen molar-refractivity contribution in [2.24, 2.45) is 0 Å². The van der Waals surface area contributed by atoms with Gasteiger partial charge in [-0.05, 0) is 47.4 Å². The van der Waals surface area contributed by atoms with E-state index < -0.39 is 6.04 Å². The summed E-state index contributed by atoms with van der Waals surface area (Å²) >= 11 is 19.9. The molecule has 0 aliphatic heterocycles. The minimum absolute atomic E-state index is 0.114. The molecule has 0 aliphatic carbocycles. The van der Waals surface area contributed by atoms with E-state index in [1.54, 1.807) is 29.2 Å². The maximum Gasteiger partial charge on any atom is 0.243 e. The summed E-state index contributed by atoms with van der Waals surface area (Å²) in [6.07, 6.45) is 2.28. The van der Waals surface area contributed by atoms with Crippen LogP contribution in [0.4, 0.5) is 0 Å². The lowest BCUT2D eigenvalue weighted by Crippen LogP contribution is -2.51. The molecule has 0 aliphatic rings. The van der Waals surface area contributed by atoms with Crippen LogP contribution in [0.2, 0.25) is 15.1 Å². The second-order valence-electron chi connectivity index (χ2n) is 8.73. The molecular formula is C29H31Cl3N2O2S. The number of rotatable bonds is 13. The fraction of sp³-hybridized carbons (Fsp3) is 0.310. The van der Waals surface area contributed by atoms with Crippen LogP contribution in [0.1, 0.15) is 36.5 Å². The van der Waals surface area contributed by atoms with Gasteiger partial charge in [0.15, 0.2) is 0 Å². The predicted molar refractivity (Wildman–Crippen MR) is 156 cm³/mol. The Morgan fingerprint density at radius 2 is 1.62 bits per heavy atom. The third-order valence-electron chi connectivity index (χ3n) is 5.87. The van der Waals surface area contributed by atoms with E-state index in [1.165, 1.54) is 11.8 Å². The Bertz CT molecular complexity index is 1160. The molecule has 0 radical (unpaired) electrons. The first-order valence-corrected chi connectivity index (χ1v) is 14.5. The number of thioether (sulfide) groups is 1. The molecule has 3 aromatic carbocycles. The van der Waals surface area contributed by atoms with Crippen molar-refractivity contribution in [2.45, 2.75) is 44.5 Å². The Balaban J connectivity index is 1.83. The van der Waals surface area contributed by atoms with E-state index in [9.17, 15) is 9.59 Å². The SMILES string of the molecule is CCCCNC(=O)C(Cc1ccccc1)N(Cc1ccc(Cl)cc1)C(=O)CSCc1ccc(Cl)cc1Cl. The number of nitrogens with one attached hydrogen (secondary N) is 1. The van der Waals surface area contributed by atoms with Crippen molar-refractivity contribution < 1.29 is 9.59 Å². The van der Waals surface area contributed by atoms with Crippen molar-refractivity contribution in [1.82, 2.24) is 10.2 Å². The van der Waals surface area contributed by atoms with E-state index in [0.29, 0.717) is 40.3 Å². The van der Waals surface area contributed by atoms with E-state index in [-0.39, 0.29) is 17.6 Å². The molecule has 2 amide bonds. The van der Waals surface area contributed by atoms with Crippen LogP contribution < -0.4 is 5.32 Å². The summed E-state index contributed by atoms with van der Waals surface area (Å²) < 4.78 is 0. The molecule has 4 nitrogen and oxygen atoms in total. The van der Waals surface area contributed by atoms with Gasteiger partial charge in [0.25, 0.3) is 0 Å². The number of carbonyl (C=O) groups excluding carboxylic acids is 2. The summed E-state index contributed by atoms with van der Waals surface area (Å²) in [6, 6.07) is 21.9. The van der Waals surface area contributed by atoms with Crippen LogP contribution in [0.3, 0.4) is 0 Å². The van der Waals surface area contributed by atoms with E-state index in [0.717, 1.165) is 29.5 Å². The summed E-state index contributed by atoms with van der Waals surface area (Å²) in [6.45, 7) is 2.96. The minimum Gasteiger partial charge on any atom is -0.354 e. The Labute approximate surface area is 238 Å². The highest BCUT2D eigenvalue weighted by atomic mass is 35.5. The lowest BCUT2D eigenvalue weighted by molar-refractivity contribution is -0.139. The molecule has 8 heteroatoms. The van der Waals surface area contributed by atoms with E-state index in [1.807, 2.05) is 48.5 Å². The molecule has 0 bridgehead atoms. The number of benzene rings is 3. The number of carbonyl (C=O) groups is 2. The normalized spacial score (nSPS) is 11.7. The van der Waals surface area contributed by atoms with Crippen molar-refractivity contribution in [3.63, 3.8) is 0 Å². The van der Waals surface area contributed by atoms with E-state index in [2.05, 4.69) is 12.2 Å². The van der Waals surface area contributed by atoms with Crippen LogP contribution in [-0.4, -0.2) is 35.1 Å². The van der Waals surface area contributed by atoms with Gasteiger partial charge in [0.2, 0.25) is 11.8 Å². The molecule has 0 spiro atoms. The summed E-state index contributed by atoms with van der Waals surface area (Å²) in [4.78, 5) is 28.8. The fourth-order valence-electron chi connectivity index (χ4n) is 3.82.